The summed E-state index contributed by atoms with van der Waals surface area (Å²) in [7, 11) is -3.99. The number of carbonyl (C=O) groups is 2. The first-order valence-electron chi connectivity index (χ1n) is 12.4. The maximum atomic E-state index is 13.3. The molecule has 2 fully saturated rings. The molecule has 1 aromatic carbocycles. The van der Waals surface area contributed by atoms with Crippen LogP contribution < -0.4 is 16.0 Å². The van der Waals surface area contributed by atoms with E-state index in [1.165, 1.54) is 24.5 Å². The third kappa shape index (κ3) is 5.70. The summed E-state index contributed by atoms with van der Waals surface area (Å²) in [4.78, 5) is 28.4. The topological polar surface area (TPSA) is 111 Å². The monoisotopic (exact) mass is 503 g/mol. The molecule has 3 aliphatic rings. The van der Waals surface area contributed by atoms with Crippen LogP contribution in [0.4, 0.5) is 0 Å². The molecule has 9 nitrogen and oxygen atoms in total. The van der Waals surface area contributed by atoms with Crippen molar-refractivity contribution in [2.75, 3.05) is 26.2 Å². The van der Waals surface area contributed by atoms with Gasteiger partial charge >= 0.3 is 0 Å². The van der Waals surface area contributed by atoms with Gasteiger partial charge in [-0.1, -0.05) is 31.5 Å². The molecule has 3 heterocycles. The summed E-state index contributed by atoms with van der Waals surface area (Å²) >= 11 is 0. The number of carbonyl (C=O) groups excluding carboxylic acids is 2. The fraction of sp³-hybridized carbons (Fsp3) is 0.600. The van der Waals surface area contributed by atoms with E-state index in [9.17, 15) is 18.0 Å². The zero-order valence-corrected chi connectivity index (χ0v) is 21.6. The predicted octanol–water partition coefficient (Wildman–Crippen LogP) is 1.31. The number of piperidine rings is 2. The second kappa shape index (κ2) is 10.3. The summed E-state index contributed by atoms with van der Waals surface area (Å²) in [5.41, 5.74) is 0.793. The molecule has 35 heavy (non-hydrogen) atoms. The number of likely N-dealkylation sites (tertiary alicyclic amines) is 1. The molecule has 2 saturated heterocycles. The molecule has 0 saturated carbocycles. The van der Waals surface area contributed by atoms with Gasteiger partial charge < -0.3 is 16.0 Å². The van der Waals surface area contributed by atoms with Crippen molar-refractivity contribution >= 4 is 21.8 Å². The van der Waals surface area contributed by atoms with E-state index < -0.39 is 22.0 Å². The molecule has 1 aromatic rings. The van der Waals surface area contributed by atoms with Crippen molar-refractivity contribution in [3.8, 4) is 0 Å². The zero-order chi connectivity index (χ0) is 25.2. The van der Waals surface area contributed by atoms with Crippen molar-refractivity contribution in [1.82, 2.24) is 25.2 Å². The molecule has 0 unspecified atom stereocenters. The van der Waals surface area contributed by atoms with Crippen LogP contribution in [0, 0.1) is 12.3 Å². The van der Waals surface area contributed by atoms with Crippen LogP contribution in [-0.2, 0) is 19.6 Å². The smallest absolute Gasteiger partial charge is 0.264 e. The Morgan fingerprint density at radius 2 is 1.83 bits per heavy atom. The normalized spacial score (nSPS) is 25.8. The average Bonchev–Trinajstić information content (AvgIpc) is 2.82. The quantitative estimate of drug-likeness (QED) is 0.540. The molecule has 0 radical (unpaired) electrons. The lowest BCUT2D eigenvalue weighted by molar-refractivity contribution is -0.130. The standard InChI is InChI=1S/C25H37N5O4S/c1-18-4-6-20(7-5-18)35(33,34)30-15-13-27-24(32)21(30)16-23(31)28-22-10-14-29(17-25(22,2)3)19-8-11-26-12-9-19/h4-7,13,15,19,21-22,26H,8-12,14,16-17H2,1-3H3,(H,27,32)(H,28,31)/t21-,22-/m1/s1. The van der Waals surface area contributed by atoms with Gasteiger partial charge in [0.25, 0.3) is 10.0 Å². The van der Waals surface area contributed by atoms with E-state index in [4.69, 9.17) is 0 Å². The highest BCUT2D eigenvalue weighted by molar-refractivity contribution is 7.89. The molecule has 0 aromatic heterocycles. The van der Waals surface area contributed by atoms with Crippen LogP contribution >= 0.6 is 0 Å². The second-order valence-corrected chi connectivity index (χ2v) is 12.4. The highest BCUT2D eigenvalue weighted by atomic mass is 32.2. The van der Waals surface area contributed by atoms with E-state index in [-0.39, 0.29) is 28.7 Å². The summed E-state index contributed by atoms with van der Waals surface area (Å²) < 4.78 is 27.5. The number of aryl methyl sites for hydroxylation is 1. The van der Waals surface area contributed by atoms with Crippen LogP contribution in [0.2, 0.25) is 0 Å². The van der Waals surface area contributed by atoms with E-state index in [2.05, 4.69) is 34.7 Å². The Bertz CT molecular complexity index is 1060. The lowest BCUT2D eigenvalue weighted by atomic mass is 9.78. The largest absolute Gasteiger partial charge is 0.353 e. The molecule has 4 rings (SSSR count). The molecule has 0 bridgehead atoms. The lowest BCUT2D eigenvalue weighted by Gasteiger charge is -2.48. The van der Waals surface area contributed by atoms with Crippen LogP contribution in [-0.4, -0.2) is 73.7 Å². The maximum absolute atomic E-state index is 13.3. The highest BCUT2D eigenvalue weighted by Crippen LogP contribution is 2.32. The lowest BCUT2D eigenvalue weighted by Crippen LogP contribution is -2.59. The Morgan fingerprint density at radius 3 is 2.49 bits per heavy atom. The minimum absolute atomic E-state index is 0.0442. The summed E-state index contributed by atoms with van der Waals surface area (Å²) in [6.07, 6.45) is 5.47. The van der Waals surface area contributed by atoms with Crippen molar-refractivity contribution < 1.29 is 18.0 Å². The van der Waals surface area contributed by atoms with E-state index in [1.54, 1.807) is 12.1 Å². The van der Waals surface area contributed by atoms with Crippen LogP contribution in [0.1, 0.15) is 45.1 Å². The number of rotatable bonds is 6. The molecule has 192 valence electrons. The van der Waals surface area contributed by atoms with Crippen molar-refractivity contribution in [2.45, 2.75) is 69.5 Å². The SMILES string of the molecule is Cc1ccc(S(=O)(=O)N2C=CNC(=O)[C@H]2CC(=O)N[C@@H]2CCN(C3CCNCC3)CC2(C)C)cc1. The molecule has 3 aliphatic heterocycles. The fourth-order valence-corrected chi connectivity index (χ4v) is 6.80. The number of amides is 2. The number of nitrogens with zero attached hydrogens (tertiary/aromatic N) is 2. The van der Waals surface area contributed by atoms with Crippen molar-refractivity contribution in [3.05, 3.63) is 42.2 Å². The third-order valence-corrected chi connectivity index (χ3v) is 9.25. The van der Waals surface area contributed by atoms with Gasteiger partial charge in [0.05, 0.1) is 11.3 Å². The maximum Gasteiger partial charge on any atom is 0.264 e. The molecular formula is C25H37N5O4S. The van der Waals surface area contributed by atoms with E-state index >= 15 is 0 Å². The Morgan fingerprint density at radius 1 is 1.14 bits per heavy atom. The van der Waals surface area contributed by atoms with Crippen molar-refractivity contribution in [3.63, 3.8) is 0 Å². The number of sulfonamides is 1. The molecular weight excluding hydrogens is 466 g/mol. The highest BCUT2D eigenvalue weighted by Gasteiger charge is 2.41. The molecule has 3 N–H and O–H groups in total. The molecule has 0 aliphatic carbocycles. The Kier molecular flexibility index (Phi) is 7.54. The number of hydrogen-bond acceptors (Lipinski definition) is 6. The van der Waals surface area contributed by atoms with Crippen LogP contribution in [0.25, 0.3) is 0 Å². The van der Waals surface area contributed by atoms with E-state index in [0.29, 0.717) is 6.04 Å². The Hall–Kier alpha value is -2.43. The number of benzene rings is 1. The Labute approximate surface area is 208 Å². The van der Waals surface area contributed by atoms with E-state index in [1.807, 2.05) is 6.92 Å². The summed E-state index contributed by atoms with van der Waals surface area (Å²) in [5, 5.41) is 9.07. The average molecular weight is 504 g/mol. The van der Waals surface area contributed by atoms with E-state index in [0.717, 1.165) is 55.3 Å². The van der Waals surface area contributed by atoms with Gasteiger partial charge in [0.1, 0.15) is 6.04 Å². The minimum Gasteiger partial charge on any atom is -0.353 e. The van der Waals surface area contributed by atoms with Crippen LogP contribution in [0.15, 0.2) is 41.6 Å². The van der Waals surface area contributed by atoms with Crippen molar-refractivity contribution in [2.24, 2.45) is 5.41 Å². The Balaban J connectivity index is 1.42. The van der Waals surface area contributed by atoms with Crippen LogP contribution in [0.5, 0.6) is 0 Å². The first kappa shape index (κ1) is 25.7. The number of hydrogen-bond donors (Lipinski definition) is 3. The van der Waals surface area contributed by atoms with Gasteiger partial charge in [-0.15, -0.1) is 0 Å². The molecule has 2 atom stereocenters. The van der Waals surface area contributed by atoms with Gasteiger partial charge in [-0.2, -0.15) is 0 Å². The van der Waals surface area contributed by atoms with Gasteiger partial charge in [0.2, 0.25) is 11.8 Å². The van der Waals surface area contributed by atoms with Crippen molar-refractivity contribution in [1.29, 1.82) is 0 Å². The summed E-state index contributed by atoms with van der Waals surface area (Å²) in [6.45, 7) is 10.1. The first-order chi connectivity index (χ1) is 16.6. The van der Waals surface area contributed by atoms with Gasteiger partial charge in [-0.3, -0.25) is 18.8 Å². The minimum atomic E-state index is -3.99. The molecule has 2 amide bonds. The summed E-state index contributed by atoms with van der Waals surface area (Å²) in [6, 6.07) is 5.83. The zero-order valence-electron chi connectivity index (χ0n) is 20.8. The number of nitrogens with one attached hydrogen (secondary N) is 3. The summed E-state index contributed by atoms with van der Waals surface area (Å²) in [5.74, 6) is -0.837. The fourth-order valence-electron chi connectivity index (χ4n) is 5.35. The second-order valence-electron chi connectivity index (χ2n) is 10.5. The van der Waals surface area contributed by atoms with Gasteiger partial charge in [0.15, 0.2) is 0 Å². The van der Waals surface area contributed by atoms with Gasteiger partial charge in [-0.25, -0.2) is 8.42 Å². The predicted molar refractivity (Wildman–Crippen MR) is 134 cm³/mol. The van der Waals surface area contributed by atoms with Gasteiger partial charge in [0, 0.05) is 37.6 Å². The molecule has 0 spiro atoms. The van der Waals surface area contributed by atoms with Crippen LogP contribution in [0.3, 0.4) is 0 Å². The first-order valence-corrected chi connectivity index (χ1v) is 13.8. The third-order valence-electron chi connectivity index (χ3n) is 7.45. The van der Waals surface area contributed by atoms with Gasteiger partial charge in [-0.05, 0) is 56.8 Å². The molecule has 10 heteroatoms.